The van der Waals surface area contributed by atoms with E-state index >= 15 is 0 Å². The number of halogens is 3. The topological polar surface area (TPSA) is 50.5 Å². The van der Waals surface area contributed by atoms with E-state index in [0.29, 0.717) is 31.4 Å². The number of hydrogen-bond acceptors (Lipinski definition) is 4. The van der Waals surface area contributed by atoms with E-state index in [9.17, 15) is 13.2 Å². The molecule has 1 fully saturated rings. The summed E-state index contributed by atoms with van der Waals surface area (Å²) >= 11 is 0. The molecule has 0 unspecified atom stereocenters. The molecule has 1 aromatic rings. The molecule has 126 valence electrons. The summed E-state index contributed by atoms with van der Waals surface area (Å²) < 4.78 is 39.1. The molecule has 1 heterocycles. The number of aliphatic hydroxyl groups excluding tert-OH is 1. The van der Waals surface area contributed by atoms with Gasteiger partial charge in [-0.25, -0.2) is 0 Å². The van der Waals surface area contributed by atoms with E-state index in [4.69, 9.17) is 10.4 Å². The molecule has 0 spiro atoms. The lowest BCUT2D eigenvalue weighted by Crippen LogP contribution is -2.44. The molecule has 4 nitrogen and oxygen atoms in total. The van der Waals surface area contributed by atoms with Crippen molar-refractivity contribution in [3.63, 3.8) is 0 Å². The molecule has 2 rings (SSSR count). The number of alkyl halides is 3. The summed E-state index contributed by atoms with van der Waals surface area (Å²) in [7, 11) is 1.94. The SMILES string of the molecule is CN(CCO)C1CCN(c2ccc(C#N)c(C(F)(F)F)c2)CC1. The zero-order chi connectivity index (χ0) is 17.0. The first-order valence-electron chi connectivity index (χ1n) is 7.54. The Labute approximate surface area is 133 Å². The van der Waals surface area contributed by atoms with Crippen molar-refractivity contribution in [2.75, 3.05) is 38.2 Å². The van der Waals surface area contributed by atoms with E-state index in [0.717, 1.165) is 18.9 Å². The monoisotopic (exact) mass is 327 g/mol. The van der Waals surface area contributed by atoms with Gasteiger partial charge in [0, 0.05) is 31.4 Å². The van der Waals surface area contributed by atoms with E-state index in [1.165, 1.54) is 6.07 Å². The Bertz CT molecular complexity index is 575. The van der Waals surface area contributed by atoms with E-state index in [1.54, 1.807) is 12.1 Å². The molecule has 1 aromatic carbocycles. The number of nitrogens with zero attached hydrogens (tertiary/aromatic N) is 3. The Morgan fingerprint density at radius 3 is 2.52 bits per heavy atom. The van der Waals surface area contributed by atoms with Gasteiger partial charge in [-0.1, -0.05) is 0 Å². The summed E-state index contributed by atoms with van der Waals surface area (Å²) in [6, 6.07) is 5.81. The third kappa shape index (κ3) is 4.15. The highest BCUT2D eigenvalue weighted by Gasteiger charge is 2.34. The summed E-state index contributed by atoms with van der Waals surface area (Å²) in [6.07, 6.45) is -2.86. The molecule has 0 atom stereocenters. The third-order valence-electron chi connectivity index (χ3n) is 4.33. The Hall–Kier alpha value is -1.78. The van der Waals surface area contributed by atoms with Crippen LogP contribution in [0.1, 0.15) is 24.0 Å². The Morgan fingerprint density at radius 2 is 2.00 bits per heavy atom. The van der Waals surface area contributed by atoms with E-state index in [2.05, 4.69) is 4.90 Å². The van der Waals surface area contributed by atoms with Gasteiger partial charge in [0.05, 0.1) is 23.8 Å². The van der Waals surface area contributed by atoms with Crippen LogP contribution in [0.2, 0.25) is 0 Å². The molecule has 0 amide bonds. The number of anilines is 1. The zero-order valence-corrected chi connectivity index (χ0v) is 13.0. The maximum Gasteiger partial charge on any atom is 0.417 e. The van der Waals surface area contributed by atoms with Gasteiger partial charge in [-0.3, -0.25) is 0 Å². The molecule has 0 bridgehead atoms. The van der Waals surface area contributed by atoms with Crippen molar-refractivity contribution in [2.24, 2.45) is 0 Å². The highest BCUT2D eigenvalue weighted by molar-refractivity contribution is 5.55. The molecule has 0 saturated carbocycles. The lowest BCUT2D eigenvalue weighted by atomic mass is 10.0. The molecule has 0 radical (unpaired) electrons. The van der Waals surface area contributed by atoms with Crippen LogP contribution in [0, 0.1) is 11.3 Å². The van der Waals surface area contributed by atoms with Crippen molar-refractivity contribution >= 4 is 5.69 Å². The van der Waals surface area contributed by atoms with Gasteiger partial charge in [0.15, 0.2) is 0 Å². The van der Waals surface area contributed by atoms with Crippen molar-refractivity contribution < 1.29 is 18.3 Å². The van der Waals surface area contributed by atoms with Crippen LogP contribution in [-0.4, -0.2) is 49.3 Å². The molecule has 23 heavy (non-hydrogen) atoms. The molecule has 7 heteroatoms. The summed E-state index contributed by atoms with van der Waals surface area (Å²) in [4.78, 5) is 4.00. The van der Waals surface area contributed by atoms with Crippen molar-refractivity contribution in [3.05, 3.63) is 29.3 Å². The Balaban J connectivity index is 2.11. The van der Waals surface area contributed by atoms with Crippen molar-refractivity contribution in [2.45, 2.75) is 25.1 Å². The highest BCUT2D eigenvalue weighted by atomic mass is 19.4. The van der Waals surface area contributed by atoms with Crippen LogP contribution in [0.3, 0.4) is 0 Å². The fraction of sp³-hybridized carbons (Fsp3) is 0.562. The molecule has 1 aliphatic heterocycles. The van der Waals surface area contributed by atoms with Crippen LogP contribution in [0.4, 0.5) is 18.9 Å². The predicted octanol–water partition coefficient (Wildman–Crippen LogP) is 2.47. The highest BCUT2D eigenvalue weighted by Crippen LogP contribution is 2.35. The van der Waals surface area contributed by atoms with Crippen LogP contribution in [0.25, 0.3) is 0 Å². The summed E-state index contributed by atoms with van der Waals surface area (Å²) in [6.45, 7) is 2.01. The fourth-order valence-corrected chi connectivity index (χ4v) is 2.97. The number of nitriles is 1. The van der Waals surface area contributed by atoms with Gasteiger partial charge in [0.25, 0.3) is 0 Å². The molecular weight excluding hydrogens is 307 g/mol. The first kappa shape index (κ1) is 17.6. The maximum absolute atomic E-state index is 13.0. The second-order valence-corrected chi connectivity index (χ2v) is 5.76. The number of likely N-dealkylation sites (N-methyl/N-ethyl adjacent to an activating group) is 1. The molecule has 1 aliphatic rings. The number of hydrogen-bond donors (Lipinski definition) is 1. The normalized spacial score (nSPS) is 16.7. The lowest BCUT2D eigenvalue weighted by molar-refractivity contribution is -0.137. The van der Waals surface area contributed by atoms with Gasteiger partial charge in [-0.15, -0.1) is 0 Å². The molecule has 1 saturated heterocycles. The van der Waals surface area contributed by atoms with Crippen molar-refractivity contribution in [1.29, 1.82) is 5.26 Å². The standard InChI is InChI=1S/C16H20F3N3O/c1-21(8-9-23)13-4-6-22(7-5-13)14-3-2-12(11-20)15(10-14)16(17,18)19/h2-3,10,13,23H,4-9H2,1H3. The Morgan fingerprint density at radius 1 is 1.35 bits per heavy atom. The summed E-state index contributed by atoms with van der Waals surface area (Å²) in [5.41, 5.74) is -0.726. The van der Waals surface area contributed by atoms with Crippen molar-refractivity contribution in [3.8, 4) is 6.07 Å². The smallest absolute Gasteiger partial charge is 0.395 e. The van der Waals surface area contributed by atoms with Crippen LogP contribution in [0.5, 0.6) is 0 Å². The van der Waals surface area contributed by atoms with Crippen LogP contribution >= 0.6 is 0 Å². The maximum atomic E-state index is 13.0. The second kappa shape index (κ2) is 7.20. The van der Waals surface area contributed by atoms with Crippen LogP contribution < -0.4 is 4.90 Å². The lowest BCUT2D eigenvalue weighted by Gasteiger charge is -2.37. The number of benzene rings is 1. The fourth-order valence-electron chi connectivity index (χ4n) is 2.97. The zero-order valence-electron chi connectivity index (χ0n) is 13.0. The molecular formula is C16H20F3N3O. The molecule has 0 aliphatic carbocycles. The van der Waals surface area contributed by atoms with Crippen LogP contribution in [0.15, 0.2) is 18.2 Å². The Kier molecular flexibility index (Phi) is 5.50. The van der Waals surface area contributed by atoms with Gasteiger partial charge in [0.2, 0.25) is 0 Å². The minimum Gasteiger partial charge on any atom is -0.395 e. The second-order valence-electron chi connectivity index (χ2n) is 5.76. The number of aliphatic hydroxyl groups is 1. The van der Waals surface area contributed by atoms with Gasteiger partial charge < -0.3 is 14.9 Å². The minimum absolute atomic E-state index is 0.0985. The largest absolute Gasteiger partial charge is 0.417 e. The first-order valence-corrected chi connectivity index (χ1v) is 7.54. The van der Waals surface area contributed by atoms with E-state index in [1.807, 2.05) is 11.9 Å². The number of rotatable bonds is 4. The van der Waals surface area contributed by atoms with E-state index < -0.39 is 11.7 Å². The van der Waals surface area contributed by atoms with Crippen molar-refractivity contribution in [1.82, 2.24) is 4.90 Å². The summed E-state index contributed by atoms with van der Waals surface area (Å²) in [5.74, 6) is 0. The summed E-state index contributed by atoms with van der Waals surface area (Å²) in [5, 5.41) is 17.8. The van der Waals surface area contributed by atoms with Crippen LogP contribution in [-0.2, 0) is 6.18 Å². The number of piperidine rings is 1. The molecule has 1 N–H and O–H groups in total. The quantitative estimate of drug-likeness (QED) is 0.923. The van der Waals surface area contributed by atoms with Gasteiger partial charge in [-0.2, -0.15) is 18.4 Å². The minimum atomic E-state index is -4.53. The predicted molar refractivity (Wildman–Crippen MR) is 81.1 cm³/mol. The van der Waals surface area contributed by atoms with Gasteiger partial charge >= 0.3 is 6.18 Å². The van der Waals surface area contributed by atoms with Gasteiger partial charge in [0.1, 0.15) is 0 Å². The average molecular weight is 327 g/mol. The van der Waals surface area contributed by atoms with Gasteiger partial charge in [-0.05, 0) is 38.1 Å². The average Bonchev–Trinajstić information content (AvgIpc) is 2.54. The molecule has 0 aromatic heterocycles. The first-order chi connectivity index (χ1) is 10.9. The third-order valence-corrected chi connectivity index (χ3v) is 4.33. The van der Waals surface area contributed by atoms with E-state index in [-0.39, 0.29) is 12.2 Å².